The molecule has 0 radical (unpaired) electrons. The predicted molar refractivity (Wildman–Crippen MR) is 68.8 cm³/mol. The number of carbonyl (C=O) groups excluding carboxylic acids is 1. The lowest BCUT2D eigenvalue weighted by atomic mass is 10.1. The fourth-order valence-electron chi connectivity index (χ4n) is 2.17. The SMILES string of the molecule is Cc1nc(C)c(C(=O)N2CC(n3ccnc3)C2)s1. The minimum Gasteiger partial charge on any atom is -0.334 e. The molecule has 1 aliphatic heterocycles. The maximum Gasteiger partial charge on any atom is 0.266 e. The summed E-state index contributed by atoms with van der Waals surface area (Å²) in [6.07, 6.45) is 5.50. The lowest BCUT2D eigenvalue weighted by Crippen LogP contribution is -2.50. The van der Waals surface area contributed by atoms with Crippen LogP contribution >= 0.6 is 11.3 Å². The molecule has 0 N–H and O–H groups in total. The quantitative estimate of drug-likeness (QED) is 0.827. The van der Waals surface area contributed by atoms with E-state index < -0.39 is 0 Å². The molecule has 5 nitrogen and oxygen atoms in total. The Kier molecular flexibility index (Phi) is 2.66. The Balaban J connectivity index is 1.68. The first-order valence-corrected chi connectivity index (χ1v) is 6.67. The van der Waals surface area contributed by atoms with E-state index >= 15 is 0 Å². The molecule has 0 spiro atoms. The van der Waals surface area contributed by atoms with E-state index in [0.29, 0.717) is 6.04 Å². The van der Waals surface area contributed by atoms with Gasteiger partial charge in [0.25, 0.3) is 5.91 Å². The van der Waals surface area contributed by atoms with Gasteiger partial charge in [0.1, 0.15) is 4.88 Å². The monoisotopic (exact) mass is 262 g/mol. The predicted octanol–water partition coefficient (Wildman–Crippen LogP) is 1.65. The van der Waals surface area contributed by atoms with E-state index in [9.17, 15) is 4.79 Å². The van der Waals surface area contributed by atoms with Crippen LogP contribution in [0.3, 0.4) is 0 Å². The summed E-state index contributed by atoms with van der Waals surface area (Å²) in [6, 6.07) is 0.366. The van der Waals surface area contributed by atoms with E-state index in [-0.39, 0.29) is 5.91 Å². The number of likely N-dealkylation sites (tertiary alicyclic amines) is 1. The van der Waals surface area contributed by atoms with Crippen molar-refractivity contribution in [3.63, 3.8) is 0 Å². The number of nitrogens with zero attached hydrogens (tertiary/aromatic N) is 4. The van der Waals surface area contributed by atoms with Crippen LogP contribution in [0.2, 0.25) is 0 Å². The standard InChI is InChI=1S/C12H14N4OS/c1-8-11(18-9(2)14-8)12(17)16-5-10(6-16)15-4-3-13-7-15/h3-4,7,10H,5-6H2,1-2H3. The van der Waals surface area contributed by atoms with E-state index in [1.165, 1.54) is 11.3 Å². The Bertz CT molecular complexity index is 569. The third-order valence-corrected chi connectivity index (χ3v) is 4.25. The first kappa shape index (κ1) is 11.4. The van der Waals surface area contributed by atoms with Crippen LogP contribution in [0.5, 0.6) is 0 Å². The van der Waals surface area contributed by atoms with E-state index in [0.717, 1.165) is 28.7 Å². The van der Waals surface area contributed by atoms with Crippen LogP contribution < -0.4 is 0 Å². The zero-order valence-electron chi connectivity index (χ0n) is 10.3. The van der Waals surface area contributed by atoms with Crippen LogP contribution in [-0.2, 0) is 0 Å². The van der Waals surface area contributed by atoms with Gasteiger partial charge in [-0.05, 0) is 13.8 Å². The number of amides is 1. The van der Waals surface area contributed by atoms with Crippen molar-refractivity contribution in [2.45, 2.75) is 19.9 Å². The number of hydrogen-bond donors (Lipinski definition) is 0. The summed E-state index contributed by atoms with van der Waals surface area (Å²) < 4.78 is 2.05. The molecule has 3 heterocycles. The third-order valence-electron chi connectivity index (χ3n) is 3.19. The van der Waals surface area contributed by atoms with E-state index in [1.54, 1.807) is 12.5 Å². The third kappa shape index (κ3) is 1.82. The summed E-state index contributed by atoms with van der Waals surface area (Å²) in [5.41, 5.74) is 0.841. The Morgan fingerprint density at radius 2 is 2.22 bits per heavy atom. The average molecular weight is 262 g/mol. The summed E-state index contributed by atoms with van der Waals surface area (Å²) in [7, 11) is 0. The van der Waals surface area contributed by atoms with Crippen molar-refractivity contribution in [2.75, 3.05) is 13.1 Å². The maximum absolute atomic E-state index is 12.2. The van der Waals surface area contributed by atoms with Crippen molar-refractivity contribution < 1.29 is 4.79 Å². The Morgan fingerprint density at radius 1 is 1.44 bits per heavy atom. The summed E-state index contributed by atoms with van der Waals surface area (Å²) in [6.45, 7) is 5.33. The number of aromatic nitrogens is 3. The van der Waals surface area contributed by atoms with Gasteiger partial charge in [0, 0.05) is 25.5 Å². The van der Waals surface area contributed by atoms with Crippen LogP contribution in [0.1, 0.15) is 26.4 Å². The average Bonchev–Trinajstić information content (AvgIpc) is 2.86. The normalized spacial score (nSPS) is 15.8. The van der Waals surface area contributed by atoms with Gasteiger partial charge in [-0.3, -0.25) is 4.79 Å². The Labute approximate surface area is 109 Å². The molecule has 1 amide bonds. The van der Waals surface area contributed by atoms with Crippen molar-refractivity contribution in [1.29, 1.82) is 0 Å². The molecule has 0 aliphatic carbocycles. The number of imidazole rings is 1. The number of aryl methyl sites for hydroxylation is 2. The minimum atomic E-state index is 0.106. The van der Waals surface area contributed by atoms with E-state index in [4.69, 9.17) is 0 Å². The smallest absolute Gasteiger partial charge is 0.266 e. The zero-order valence-corrected chi connectivity index (χ0v) is 11.1. The van der Waals surface area contributed by atoms with Crippen LogP contribution in [0.25, 0.3) is 0 Å². The van der Waals surface area contributed by atoms with Gasteiger partial charge in [0.2, 0.25) is 0 Å². The van der Waals surface area contributed by atoms with Gasteiger partial charge in [-0.2, -0.15) is 0 Å². The molecule has 6 heteroatoms. The maximum atomic E-state index is 12.2. The largest absolute Gasteiger partial charge is 0.334 e. The van der Waals surface area contributed by atoms with Crippen LogP contribution in [0.4, 0.5) is 0 Å². The van der Waals surface area contributed by atoms with Gasteiger partial charge in [0.05, 0.1) is 23.1 Å². The zero-order chi connectivity index (χ0) is 12.7. The van der Waals surface area contributed by atoms with Crippen LogP contribution in [0.15, 0.2) is 18.7 Å². The van der Waals surface area contributed by atoms with Gasteiger partial charge in [0.15, 0.2) is 0 Å². The van der Waals surface area contributed by atoms with Gasteiger partial charge in [-0.1, -0.05) is 0 Å². The summed E-state index contributed by atoms with van der Waals surface area (Å²) in [4.78, 5) is 23.2. The summed E-state index contributed by atoms with van der Waals surface area (Å²) in [5.74, 6) is 0.106. The highest BCUT2D eigenvalue weighted by Crippen LogP contribution is 2.26. The van der Waals surface area contributed by atoms with Crippen LogP contribution in [-0.4, -0.2) is 38.4 Å². The summed E-state index contributed by atoms with van der Waals surface area (Å²) in [5, 5.41) is 0.947. The molecule has 3 rings (SSSR count). The lowest BCUT2D eigenvalue weighted by molar-refractivity contribution is 0.0524. The second-order valence-electron chi connectivity index (χ2n) is 4.52. The first-order chi connectivity index (χ1) is 8.65. The second-order valence-corrected chi connectivity index (χ2v) is 5.72. The van der Waals surface area contributed by atoms with Crippen LogP contribution in [0, 0.1) is 13.8 Å². The fourth-order valence-corrected chi connectivity index (χ4v) is 3.06. The Hall–Kier alpha value is -1.69. The highest BCUT2D eigenvalue weighted by Gasteiger charge is 2.33. The molecular weight excluding hydrogens is 248 g/mol. The summed E-state index contributed by atoms with van der Waals surface area (Å²) >= 11 is 1.48. The van der Waals surface area contributed by atoms with Crippen molar-refractivity contribution in [3.8, 4) is 0 Å². The highest BCUT2D eigenvalue weighted by molar-refractivity contribution is 7.13. The van der Waals surface area contributed by atoms with E-state index in [2.05, 4.69) is 14.5 Å². The highest BCUT2D eigenvalue weighted by atomic mass is 32.1. The number of hydrogen-bond acceptors (Lipinski definition) is 4. The number of rotatable bonds is 2. The van der Waals surface area contributed by atoms with Gasteiger partial charge in [-0.25, -0.2) is 9.97 Å². The molecule has 1 saturated heterocycles. The number of carbonyl (C=O) groups is 1. The lowest BCUT2D eigenvalue weighted by Gasteiger charge is -2.39. The topological polar surface area (TPSA) is 51.0 Å². The molecule has 0 unspecified atom stereocenters. The number of thiazole rings is 1. The minimum absolute atomic E-state index is 0.106. The molecule has 0 bridgehead atoms. The molecule has 94 valence electrons. The van der Waals surface area contributed by atoms with E-state index in [1.807, 2.05) is 24.9 Å². The van der Waals surface area contributed by atoms with Crippen molar-refractivity contribution >= 4 is 17.2 Å². The molecule has 1 aliphatic rings. The molecular formula is C12H14N4OS. The molecule has 2 aromatic heterocycles. The molecule has 0 saturated carbocycles. The second kappa shape index (κ2) is 4.20. The molecule has 0 aromatic carbocycles. The first-order valence-electron chi connectivity index (χ1n) is 5.86. The van der Waals surface area contributed by atoms with Gasteiger partial charge >= 0.3 is 0 Å². The van der Waals surface area contributed by atoms with Crippen molar-refractivity contribution in [2.24, 2.45) is 0 Å². The van der Waals surface area contributed by atoms with Crippen molar-refractivity contribution in [3.05, 3.63) is 34.3 Å². The molecule has 1 fully saturated rings. The van der Waals surface area contributed by atoms with Crippen molar-refractivity contribution in [1.82, 2.24) is 19.4 Å². The fraction of sp³-hybridized carbons (Fsp3) is 0.417. The molecule has 2 aromatic rings. The molecule has 0 atom stereocenters. The molecule has 18 heavy (non-hydrogen) atoms. The Morgan fingerprint density at radius 3 is 2.78 bits per heavy atom. The van der Waals surface area contributed by atoms with Gasteiger partial charge in [-0.15, -0.1) is 11.3 Å². The van der Waals surface area contributed by atoms with Gasteiger partial charge < -0.3 is 9.47 Å².